The zero-order chi connectivity index (χ0) is 8.15. The molecular formula is C6H15NO3. The fraction of sp³-hybridized carbons (Fsp3) is 1.00. The lowest BCUT2D eigenvalue weighted by Gasteiger charge is -2.22. The maximum atomic E-state index is 9.08. The van der Waals surface area contributed by atoms with Crippen LogP contribution in [-0.4, -0.2) is 46.3 Å². The minimum absolute atomic E-state index is 0.0784. The molecule has 3 N–H and O–H groups in total. The molecule has 0 saturated heterocycles. The number of likely N-dealkylation sites (N-methyl/N-ethyl adjacent to an activating group) is 1. The highest BCUT2D eigenvalue weighted by Crippen LogP contribution is 1.96. The smallest absolute Gasteiger partial charge is 0.164 e. The standard InChI is InChI=1S/C6H15NO3/c1-3-5(8)7(2)4-6(9)10/h5-6,8-10H,3-4H2,1-2H3. The van der Waals surface area contributed by atoms with Crippen molar-refractivity contribution in [3.63, 3.8) is 0 Å². The van der Waals surface area contributed by atoms with Gasteiger partial charge in [0.2, 0.25) is 0 Å². The van der Waals surface area contributed by atoms with E-state index in [0.29, 0.717) is 6.42 Å². The van der Waals surface area contributed by atoms with Gasteiger partial charge < -0.3 is 15.3 Å². The molecule has 0 rings (SSSR count). The average molecular weight is 149 g/mol. The number of nitrogens with zero attached hydrogens (tertiary/aromatic N) is 1. The molecule has 0 radical (unpaired) electrons. The molecule has 0 aromatic carbocycles. The number of hydrogen-bond acceptors (Lipinski definition) is 4. The zero-order valence-corrected chi connectivity index (χ0v) is 6.36. The normalized spacial score (nSPS) is 14.7. The van der Waals surface area contributed by atoms with Crippen LogP contribution in [0, 0.1) is 0 Å². The summed E-state index contributed by atoms with van der Waals surface area (Å²) in [6.07, 6.45) is -1.36. The van der Waals surface area contributed by atoms with Crippen LogP contribution in [0.15, 0.2) is 0 Å². The van der Waals surface area contributed by atoms with E-state index in [1.165, 1.54) is 4.90 Å². The molecule has 1 unspecified atom stereocenters. The van der Waals surface area contributed by atoms with E-state index in [1.54, 1.807) is 7.05 Å². The third-order valence-corrected chi connectivity index (χ3v) is 1.33. The maximum Gasteiger partial charge on any atom is 0.164 e. The molecule has 0 aromatic rings. The first-order valence-corrected chi connectivity index (χ1v) is 3.32. The first-order valence-electron chi connectivity index (χ1n) is 3.32. The molecule has 0 spiro atoms. The van der Waals surface area contributed by atoms with E-state index in [4.69, 9.17) is 15.3 Å². The van der Waals surface area contributed by atoms with Gasteiger partial charge in [-0.1, -0.05) is 6.92 Å². The molecule has 0 aliphatic carbocycles. The van der Waals surface area contributed by atoms with Crippen molar-refractivity contribution >= 4 is 0 Å². The van der Waals surface area contributed by atoms with Gasteiger partial charge in [0.15, 0.2) is 6.29 Å². The van der Waals surface area contributed by atoms with E-state index >= 15 is 0 Å². The average Bonchev–Trinajstić information content (AvgIpc) is 1.85. The summed E-state index contributed by atoms with van der Waals surface area (Å²) in [7, 11) is 1.63. The van der Waals surface area contributed by atoms with Crippen LogP contribution in [-0.2, 0) is 0 Å². The third-order valence-electron chi connectivity index (χ3n) is 1.33. The van der Waals surface area contributed by atoms with E-state index in [2.05, 4.69) is 0 Å². The number of hydrogen-bond donors (Lipinski definition) is 3. The summed E-state index contributed by atoms with van der Waals surface area (Å²) in [5.74, 6) is 0. The summed E-state index contributed by atoms with van der Waals surface area (Å²) in [6.45, 7) is 1.90. The van der Waals surface area contributed by atoms with Crippen molar-refractivity contribution in [2.75, 3.05) is 13.6 Å². The van der Waals surface area contributed by atoms with Crippen molar-refractivity contribution in [2.45, 2.75) is 25.9 Å². The Hall–Kier alpha value is -0.160. The van der Waals surface area contributed by atoms with Gasteiger partial charge in [-0.15, -0.1) is 0 Å². The molecule has 0 fully saturated rings. The second kappa shape index (κ2) is 4.62. The molecule has 0 aromatic heterocycles. The second-order valence-corrected chi connectivity index (χ2v) is 2.31. The Kier molecular flexibility index (Phi) is 4.55. The van der Waals surface area contributed by atoms with E-state index in [0.717, 1.165) is 0 Å². The first kappa shape index (κ1) is 9.84. The Morgan fingerprint density at radius 3 is 2.10 bits per heavy atom. The fourth-order valence-corrected chi connectivity index (χ4v) is 0.691. The molecular weight excluding hydrogens is 134 g/mol. The summed E-state index contributed by atoms with van der Waals surface area (Å²) in [5.41, 5.74) is 0. The first-order chi connectivity index (χ1) is 4.57. The van der Waals surface area contributed by atoms with Gasteiger partial charge in [0.25, 0.3) is 0 Å². The van der Waals surface area contributed by atoms with Crippen LogP contribution in [0.5, 0.6) is 0 Å². The third kappa shape index (κ3) is 3.79. The van der Waals surface area contributed by atoms with Gasteiger partial charge in [0.1, 0.15) is 6.23 Å². The van der Waals surface area contributed by atoms with Crippen molar-refractivity contribution in [1.29, 1.82) is 0 Å². The van der Waals surface area contributed by atoms with Crippen molar-refractivity contribution < 1.29 is 15.3 Å². The monoisotopic (exact) mass is 149 g/mol. The lowest BCUT2D eigenvalue weighted by molar-refractivity contribution is -0.0891. The van der Waals surface area contributed by atoms with Crippen molar-refractivity contribution in [3.8, 4) is 0 Å². The summed E-state index contributed by atoms with van der Waals surface area (Å²) >= 11 is 0. The Labute approximate surface area is 60.7 Å². The largest absolute Gasteiger partial charge is 0.378 e. The van der Waals surface area contributed by atoms with Crippen molar-refractivity contribution in [3.05, 3.63) is 0 Å². The molecule has 10 heavy (non-hydrogen) atoms. The van der Waals surface area contributed by atoms with E-state index in [9.17, 15) is 0 Å². The van der Waals surface area contributed by atoms with Gasteiger partial charge in [0, 0.05) is 0 Å². The molecule has 0 bridgehead atoms. The van der Waals surface area contributed by atoms with Crippen LogP contribution < -0.4 is 0 Å². The van der Waals surface area contributed by atoms with Gasteiger partial charge in [-0.05, 0) is 13.5 Å². The molecule has 0 amide bonds. The van der Waals surface area contributed by atoms with Gasteiger partial charge >= 0.3 is 0 Å². The highest BCUT2D eigenvalue weighted by atomic mass is 16.5. The molecule has 62 valence electrons. The molecule has 0 aliphatic heterocycles. The summed E-state index contributed by atoms with van der Waals surface area (Å²) in [5, 5.41) is 26.0. The minimum Gasteiger partial charge on any atom is -0.378 e. The van der Waals surface area contributed by atoms with Crippen LogP contribution in [0.1, 0.15) is 13.3 Å². The van der Waals surface area contributed by atoms with Crippen LogP contribution in [0.4, 0.5) is 0 Å². The Balaban J connectivity index is 3.50. The summed E-state index contributed by atoms with van der Waals surface area (Å²) < 4.78 is 0. The molecule has 0 heterocycles. The highest BCUT2D eigenvalue weighted by molar-refractivity contribution is 4.54. The molecule has 4 heteroatoms. The van der Waals surface area contributed by atoms with Gasteiger partial charge in [0.05, 0.1) is 6.54 Å². The van der Waals surface area contributed by atoms with Crippen molar-refractivity contribution in [2.24, 2.45) is 0 Å². The zero-order valence-electron chi connectivity index (χ0n) is 6.36. The Morgan fingerprint density at radius 1 is 1.30 bits per heavy atom. The van der Waals surface area contributed by atoms with Crippen LogP contribution in [0.3, 0.4) is 0 Å². The Morgan fingerprint density at radius 2 is 1.80 bits per heavy atom. The predicted octanol–water partition coefficient (Wildman–Crippen LogP) is -1.04. The molecule has 4 nitrogen and oxygen atoms in total. The van der Waals surface area contributed by atoms with Gasteiger partial charge in [-0.3, -0.25) is 4.90 Å². The van der Waals surface area contributed by atoms with Crippen LogP contribution in [0.2, 0.25) is 0 Å². The fourth-order valence-electron chi connectivity index (χ4n) is 0.691. The number of aliphatic hydroxyl groups excluding tert-OH is 2. The van der Waals surface area contributed by atoms with E-state index in [-0.39, 0.29) is 6.54 Å². The lowest BCUT2D eigenvalue weighted by atomic mass is 10.4. The maximum absolute atomic E-state index is 9.08. The van der Waals surface area contributed by atoms with Gasteiger partial charge in [-0.2, -0.15) is 0 Å². The Bertz CT molecular complexity index is 87.1. The minimum atomic E-state index is -1.37. The summed E-state index contributed by atoms with van der Waals surface area (Å²) in [6, 6.07) is 0. The number of rotatable bonds is 4. The quantitative estimate of drug-likeness (QED) is 0.447. The van der Waals surface area contributed by atoms with E-state index in [1.807, 2.05) is 6.92 Å². The number of aliphatic hydroxyl groups is 3. The molecule has 0 saturated carbocycles. The second-order valence-electron chi connectivity index (χ2n) is 2.31. The van der Waals surface area contributed by atoms with Crippen LogP contribution >= 0.6 is 0 Å². The SMILES string of the molecule is CCC(O)N(C)CC(O)O. The lowest BCUT2D eigenvalue weighted by Crippen LogP contribution is -2.36. The van der Waals surface area contributed by atoms with E-state index < -0.39 is 12.5 Å². The van der Waals surface area contributed by atoms with Gasteiger partial charge in [-0.25, -0.2) is 0 Å². The topological polar surface area (TPSA) is 63.9 Å². The van der Waals surface area contributed by atoms with Crippen LogP contribution in [0.25, 0.3) is 0 Å². The predicted molar refractivity (Wildman–Crippen MR) is 37.2 cm³/mol. The molecule has 1 atom stereocenters. The van der Waals surface area contributed by atoms with Crippen molar-refractivity contribution in [1.82, 2.24) is 4.90 Å². The molecule has 0 aliphatic rings. The summed E-state index contributed by atoms with van der Waals surface area (Å²) in [4.78, 5) is 1.48. The highest BCUT2D eigenvalue weighted by Gasteiger charge is 2.10.